The zero-order chi connectivity index (χ0) is 14.7. The summed E-state index contributed by atoms with van der Waals surface area (Å²) >= 11 is 0. The molecule has 3 aromatic rings. The molecule has 2 heterocycles. The van der Waals surface area contributed by atoms with Gasteiger partial charge in [0.2, 0.25) is 5.65 Å². The van der Waals surface area contributed by atoms with Gasteiger partial charge in [0.1, 0.15) is 5.75 Å². The summed E-state index contributed by atoms with van der Waals surface area (Å²) in [6, 6.07) is 8.00. The Bertz CT molecular complexity index is 735. The second-order valence-corrected chi connectivity index (χ2v) is 4.73. The quantitative estimate of drug-likeness (QED) is 0.556. The third-order valence-corrected chi connectivity index (χ3v) is 3.17. The Balaban J connectivity index is 1.91. The smallest absolute Gasteiger partial charge is 0.265 e. The van der Waals surface area contributed by atoms with Crippen molar-refractivity contribution in [2.45, 2.75) is 19.8 Å². The monoisotopic (exact) mass is 283 g/mol. The number of ether oxygens (including phenoxy) is 1. The van der Waals surface area contributed by atoms with Crippen LogP contribution >= 0.6 is 0 Å². The van der Waals surface area contributed by atoms with Crippen molar-refractivity contribution in [1.29, 1.82) is 0 Å². The molecular weight excluding hydrogens is 266 g/mol. The zero-order valence-electron chi connectivity index (χ0n) is 11.8. The average Bonchev–Trinajstić information content (AvgIpc) is 2.98. The van der Waals surface area contributed by atoms with E-state index in [0.717, 1.165) is 18.6 Å². The fraction of sp³-hybridized carbons (Fsp3) is 0.200. The number of nitrogens with zero attached hydrogens (tertiary/aromatic N) is 3. The second-order valence-electron chi connectivity index (χ2n) is 4.73. The number of imidazole rings is 1. The Hall–Kier alpha value is -2.60. The van der Waals surface area contributed by atoms with Gasteiger partial charge in [-0.05, 0) is 24.1 Å². The molecular formula is C15H17N5O. The zero-order valence-corrected chi connectivity index (χ0v) is 11.8. The van der Waals surface area contributed by atoms with E-state index in [2.05, 4.69) is 34.5 Å². The molecule has 0 unspecified atom stereocenters. The van der Waals surface area contributed by atoms with E-state index < -0.39 is 0 Å². The van der Waals surface area contributed by atoms with Gasteiger partial charge in [-0.15, -0.1) is 0 Å². The van der Waals surface area contributed by atoms with Crippen LogP contribution in [0.25, 0.3) is 5.65 Å². The fourth-order valence-electron chi connectivity index (χ4n) is 2.17. The van der Waals surface area contributed by atoms with Gasteiger partial charge in [-0.3, -0.25) is 4.40 Å². The van der Waals surface area contributed by atoms with Gasteiger partial charge < -0.3 is 10.2 Å². The standard InChI is InChI=1S/C15H17N5O/c1-2-3-11-4-6-12(7-5-11)21-15-14-17-8-9-20(14)10-13(18-15)19-16/h4-10,19H,2-3,16H2,1H3. The average molecular weight is 283 g/mol. The van der Waals surface area contributed by atoms with Crippen LogP contribution in [0.5, 0.6) is 11.6 Å². The highest BCUT2D eigenvalue weighted by Crippen LogP contribution is 2.25. The molecule has 0 saturated heterocycles. The molecule has 0 aliphatic carbocycles. The molecule has 0 amide bonds. The van der Waals surface area contributed by atoms with Gasteiger partial charge in [-0.2, -0.15) is 4.98 Å². The Labute approximate surface area is 122 Å². The first-order chi connectivity index (χ1) is 10.3. The second kappa shape index (κ2) is 5.80. The molecule has 21 heavy (non-hydrogen) atoms. The van der Waals surface area contributed by atoms with Gasteiger partial charge in [0.05, 0.1) is 6.20 Å². The van der Waals surface area contributed by atoms with E-state index in [4.69, 9.17) is 10.6 Å². The molecule has 2 aromatic heterocycles. The predicted octanol–water partition coefficient (Wildman–Crippen LogP) is 2.76. The van der Waals surface area contributed by atoms with Crippen molar-refractivity contribution < 1.29 is 4.74 Å². The lowest BCUT2D eigenvalue weighted by molar-refractivity contribution is 0.465. The highest BCUT2D eigenvalue weighted by Gasteiger charge is 2.09. The molecule has 0 fully saturated rings. The summed E-state index contributed by atoms with van der Waals surface area (Å²) in [5.41, 5.74) is 4.46. The van der Waals surface area contributed by atoms with Gasteiger partial charge >= 0.3 is 0 Å². The minimum absolute atomic E-state index is 0.415. The topological polar surface area (TPSA) is 77.5 Å². The van der Waals surface area contributed by atoms with Crippen LogP contribution in [-0.4, -0.2) is 14.4 Å². The molecule has 0 spiro atoms. The molecule has 0 aliphatic heterocycles. The number of anilines is 1. The molecule has 108 valence electrons. The van der Waals surface area contributed by atoms with Crippen molar-refractivity contribution in [3.63, 3.8) is 0 Å². The summed E-state index contributed by atoms with van der Waals surface area (Å²) in [6.45, 7) is 2.16. The summed E-state index contributed by atoms with van der Waals surface area (Å²) < 4.78 is 7.64. The van der Waals surface area contributed by atoms with Gasteiger partial charge in [-0.1, -0.05) is 25.5 Å². The molecule has 6 nitrogen and oxygen atoms in total. The molecule has 0 saturated carbocycles. The SMILES string of the molecule is CCCc1ccc(Oc2nc(NN)cn3ccnc23)cc1. The molecule has 0 radical (unpaired) electrons. The summed E-state index contributed by atoms with van der Waals surface area (Å²) in [4.78, 5) is 8.55. The van der Waals surface area contributed by atoms with E-state index in [1.807, 2.05) is 22.7 Å². The number of rotatable bonds is 5. The van der Waals surface area contributed by atoms with Crippen LogP contribution in [0.3, 0.4) is 0 Å². The van der Waals surface area contributed by atoms with Gasteiger partial charge in [0, 0.05) is 12.4 Å². The van der Waals surface area contributed by atoms with Crippen LogP contribution in [0.4, 0.5) is 5.82 Å². The number of nitrogens with one attached hydrogen (secondary N) is 1. The van der Waals surface area contributed by atoms with Crippen LogP contribution < -0.4 is 16.0 Å². The van der Waals surface area contributed by atoms with E-state index in [0.29, 0.717) is 17.3 Å². The number of aryl methyl sites for hydroxylation is 1. The molecule has 3 rings (SSSR count). The minimum Gasteiger partial charge on any atom is -0.436 e. The van der Waals surface area contributed by atoms with E-state index in [1.54, 1.807) is 12.4 Å². The number of hydrogen-bond donors (Lipinski definition) is 2. The first kappa shape index (κ1) is 13.4. The van der Waals surface area contributed by atoms with Crippen molar-refractivity contribution in [3.05, 3.63) is 48.4 Å². The van der Waals surface area contributed by atoms with Crippen molar-refractivity contribution in [2.24, 2.45) is 5.84 Å². The minimum atomic E-state index is 0.415. The highest BCUT2D eigenvalue weighted by molar-refractivity contribution is 5.54. The molecule has 6 heteroatoms. The summed E-state index contributed by atoms with van der Waals surface area (Å²) in [5.74, 6) is 7.07. The van der Waals surface area contributed by atoms with Crippen molar-refractivity contribution in [2.75, 3.05) is 5.43 Å². The largest absolute Gasteiger partial charge is 0.436 e. The number of nitrogen functional groups attached to an aromatic ring is 1. The van der Waals surface area contributed by atoms with Crippen LogP contribution in [0.1, 0.15) is 18.9 Å². The van der Waals surface area contributed by atoms with Crippen LogP contribution in [-0.2, 0) is 6.42 Å². The van der Waals surface area contributed by atoms with Crippen LogP contribution in [0.15, 0.2) is 42.9 Å². The summed E-state index contributed by atoms with van der Waals surface area (Å²) in [6.07, 6.45) is 7.44. The Morgan fingerprint density at radius 2 is 2.10 bits per heavy atom. The molecule has 0 atom stereocenters. The maximum atomic E-state index is 5.84. The number of hydrogen-bond acceptors (Lipinski definition) is 5. The number of fused-ring (bicyclic) bond motifs is 1. The van der Waals surface area contributed by atoms with E-state index in [-0.39, 0.29) is 0 Å². The molecule has 3 N–H and O–H groups in total. The third kappa shape index (κ3) is 2.80. The van der Waals surface area contributed by atoms with Gasteiger partial charge in [0.15, 0.2) is 5.82 Å². The van der Waals surface area contributed by atoms with Crippen LogP contribution in [0, 0.1) is 0 Å². The molecule has 0 bridgehead atoms. The van der Waals surface area contributed by atoms with Crippen molar-refractivity contribution in [3.8, 4) is 11.6 Å². The first-order valence-corrected chi connectivity index (χ1v) is 6.87. The first-order valence-electron chi connectivity index (χ1n) is 6.87. The normalized spacial score (nSPS) is 10.8. The maximum Gasteiger partial charge on any atom is 0.265 e. The van der Waals surface area contributed by atoms with Gasteiger partial charge in [0.25, 0.3) is 5.88 Å². The van der Waals surface area contributed by atoms with Crippen molar-refractivity contribution in [1.82, 2.24) is 14.4 Å². The molecule has 1 aromatic carbocycles. The molecule has 0 aliphatic rings. The number of aromatic nitrogens is 3. The third-order valence-electron chi connectivity index (χ3n) is 3.17. The Morgan fingerprint density at radius 3 is 2.81 bits per heavy atom. The van der Waals surface area contributed by atoms with E-state index in [9.17, 15) is 0 Å². The Kier molecular flexibility index (Phi) is 3.70. The lowest BCUT2D eigenvalue weighted by Gasteiger charge is -2.09. The summed E-state index contributed by atoms with van der Waals surface area (Å²) in [7, 11) is 0. The van der Waals surface area contributed by atoms with E-state index in [1.165, 1.54) is 5.56 Å². The summed E-state index contributed by atoms with van der Waals surface area (Å²) in [5, 5.41) is 0. The van der Waals surface area contributed by atoms with Gasteiger partial charge in [-0.25, -0.2) is 10.8 Å². The van der Waals surface area contributed by atoms with Crippen molar-refractivity contribution >= 4 is 11.5 Å². The van der Waals surface area contributed by atoms with E-state index >= 15 is 0 Å². The number of nitrogens with two attached hydrogens (primary N) is 1. The number of benzene rings is 1. The van der Waals surface area contributed by atoms with Crippen LogP contribution in [0.2, 0.25) is 0 Å². The fourth-order valence-corrected chi connectivity index (χ4v) is 2.17. The highest BCUT2D eigenvalue weighted by atomic mass is 16.5. The number of hydrazine groups is 1. The Morgan fingerprint density at radius 1 is 1.29 bits per heavy atom. The predicted molar refractivity (Wildman–Crippen MR) is 81.3 cm³/mol. The lowest BCUT2D eigenvalue weighted by Crippen LogP contribution is -2.10. The maximum absolute atomic E-state index is 5.84. The lowest BCUT2D eigenvalue weighted by atomic mass is 10.1.